The number of fused-ring (bicyclic) bond motifs is 1. The summed E-state index contributed by atoms with van der Waals surface area (Å²) in [6.45, 7) is 4.95. The Morgan fingerprint density at radius 1 is 1.20 bits per heavy atom. The van der Waals surface area contributed by atoms with E-state index in [2.05, 4.69) is 55.9 Å². The van der Waals surface area contributed by atoms with Crippen molar-refractivity contribution in [1.29, 1.82) is 0 Å². The van der Waals surface area contributed by atoms with Crippen LogP contribution in [-0.2, 0) is 19.5 Å². The van der Waals surface area contributed by atoms with E-state index in [4.69, 9.17) is 4.98 Å². The Kier molecular flexibility index (Phi) is 4.59. The molecule has 1 aliphatic rings. The first kappa shape index (κ1) is 16.4. The van der Waals surface area contributed by atoms with Crippen LogP contribution in [0.5, 0.6) is 0 Å². The Balaban J connectivity index is 1.52. The number of rotatable bonds is 3. The van der Waals surface area contributed by atoms with Gasteiger partial charge in [-0.3, -0.25) is 9.88 Å². The highest BCUT2D eigenvalue weighted by atomic mass is 79.9. The Hall–Kier alpha value is -2.11. The van der Waals surface area contributed by atoms with Crippen molar-refractivity contribution < 1.29 is 0 Å². The van der Waals surface area contributed by atoms with Gasteiger partial charge in [-0.15, -0.1) is 0 Å². The Labute approximate surface area is 156 Å². The summed E-state index contributed by atoms with van der Waals surface area (Å²) in [4.78, 5) is 15.9. The predicted octanol–water partition coefficient (Wildman–Crippen LogP) is 4.17. The average Bonchev–Trinajstić information content (AvgIpc) is 2.64. The lowest BCUT2D eigenvalue weighted by atomic mass is 10.1. The van der Waals surface area contributed by atoms with E-state index in [1.807, 2.05) is 24.5 Å². The van der Waals surface area contributed by atoms with Gasteiger partial charge in [0.2, 0.25) is 0 Å². The summed E-state index contributed by atoms with van der Waals surface area (Å²) in [5, 5.41) is 0. The molecule has 0 saturated heterocycles. The number of aryl methyl sites for hydroxylation is 1. The van der Waals surface area contributed by atoms with Crippen molar-refractivity contribution in [2.24, 2.45) is 0 Å². The van der Waals surface area contributed by atoms with Gasteiger partial charge in [-0.1, -0.05) is 28.1 Å². The molecule has 0 saturated carbocycles. The quantitative estimate of drug-likeness (QED) is 0.668. The van der Waals surface area contributed by atoms with E-state index in [-0.39, 0.29) is 0 Å². The number of aromatic nitrogens is 3. The minimum absolute atomic E-state index is 0.765. The van der Waals surface area contributed by atoms with E-state index in [0.29, 0.717) is 0 Å². The molecule has 1 aliphatic heterocycles. The molecular formula is C20H19BrN4. The molecule has 0 bridgehead atoms. The van der Waals surface area contributed by atoms with Gasteiger partial charge in [0.05, 0.1) is 5.69 Å². The molecular weight excluding hydrogens is 376 g/mol. The first-order chi connectivity index (χ1) is 12.2. The zero-order valence-corrected chi connectivity index (χ0v) is 15.7. The van der Waals surface area contributed by atoms with Gasteiger partial charge in [-0.25, -0.2) is 9.97 Å². The molecule has 0 radical (unpaired) electrons. The molecule has 0 atom stereocenters. The molecule has 126 valence electrons. The van der Waals surface area contributed by atoms with Crippen molar-refractivity contribution in [3.8, 4) is 11.4 Å². The molecule has 2 aromatic heterocycles. The maximum atomic E-state index is 4.77. The third-order valence-electron chi connectivity index (χ3n) is 4.54. The standard InChI is InChI=1S/C20H19BrN4/c1-14-4-5-16(18(21)9-14)12-25-8-6-19-17(13-25)11-23-20(24-19)15-3-2-7-22-10-15/h2-5,7,9-11H,6,8,12-13H2,1H3. The van der Waals surface area contributed by atoms with Gasteiger partial charge >= 0.3 is 0 Å². The van der Waals surface area contributed by atoms with E-state index < -0.39 is 0 Å². The number of halogens is 1. The van der Waals surface area contributed by atoms with Crippen molar-refractivity contribution in [3.63, 3.8) is 0 Å². The molecule has 0 spiro atoms. The van der Waals surface area contributed by atoms with Crippen LogP contribution in [0.2, 0.25) is 0 Å². The second-order valence-electron chi connectivity index (χ2n) is 6.46. The zero-order valence-electron chi connectivity index (χ0n) is 14.1. The summed E-state index contributed by atoms with van der Waals surface area (Å²) in [5.74, 6) is 0.765. The lowest BCUT2D eigenvalue weighted by Gasteiger charge is -2.28. The molecule has 0 N–H and O–H groups in total. The lowest BCUT2D eigenvalue weighted by Crippen LogP contribution is -2.31. The van der Waals surface area contributed by atoms with Crippen LogP contribution in [-0.4, -0.2) is 26.4 Å². The molecule has 1 aromatic carbocycles. The normalized spacial score (nSPS) is 14.3. The van der Waals surface area contributed by atoms with Crippen LogP contribution < -0.4 is 0 Å². The molecule has 3 aromatic rings. The van der Waals surface area contributed by atoms with Crippen molar-refractivity contribution >= 4 is 15.9 Å². The van der Waals surface area contributed by atoms with E-state index in [0.717, 1.165) is 43.1 Å². The lowest BCUT2D eigenvalue weighted by molar-refractivity contribution is 0.242. The second kappa shape index (κ2) is 7.02. The molecule has 0 amide bonds. The number of hydrogen-bond donors (Lipinski definition) is 0. The minimum Gasteiger partial charge on any atom is -0.294 e. The van der Waals surface area contributed by atoms with E-state index in [1.54, 1.807) is 6.20 Å². The molecule has 4 rings (SSSR count). The summed E-state index contributed by atoms with van der Waals surface area (Å²) >= 11 is 3.68. The highest BCUT2D eigenvalue weighted by Crippen LogP contribution is 2.24. The fourth-order valence-electron chi connectivity index (χ4n) is 3.17. The second-order valence-corrected chi connectivity index (χ2v) is 7.32. The number of benzene rings is 1. The maximum Gasteiger partial charge on any atom is 0.160 e. The van der Waals surface area contributed by atoms with Gasteiger partial charge in [-0.05, 0) is 36.2 Å². The number of nitrogens with zero attached hydrogens (tertiary/aromatic N) is 4. The summed E-state index contributed by atoms with van der Waals surface area (Å²) < 4.78 is 1.18. The molecule has 0 fully saturated rings. The minimum atomic E-state index is 0.765. The fourth-order valence-corrected chi connectivity index (χ4v) is 3.78. The molecule has 3 heterocycles. The third kappa shape index (κ3) is 3.62. The first-order valence-electron chi connectivity index (χ1n) is 8.41. The monoisotopic (exact) mass is 394 g/mol. The van der Waals surface area contributed by atoms with Crippen molar-refractivity contribution in [3.05, 3.63) is 75.8 Å². The largest absolute Gasteiger partial charge is 0.294 e. The van der Waals surface area contributed by atoms with Gasteiger partial charge in [0.1, 0.15) is 0 Å². The fraction of sp³-hybridized carbons (Fsp3) is 0.250. The Morgan fingerprint density at radius 2 is 2.12 bits per heavy atom. The molecule has 4 nitrogen and oxygen atoms in total. The summed E-state index contributed by atoms with van der Waals surface area (Å²) in [6.07, 6.45) is 6.50. The third-order valence-corrected chi connectivity index (χ3v) is 5.27. The van der Waals surface area contributed by atoms with Crippen molar-refractivity contribution in [2.45, 2.75) is 26.4 Å². The van der Waals surface area contributed by atoms with Crippen LogP contribution in [0.4, 0.5) is 0 Å². The topological polar surface area (TPSA) is 41.9 Å². The molecule has 0 aliphatic carbocycles. The Bertz CT molecular complexity index is 895. The van der Waals surface area contributed by atoms with Gasteiger partial charge in [0.25, 0.3) is 0 Å². The smallest absolute Gasteiger partial charge is 0.160 e. The molecule has 0 unspecified atom stereocenters. The van der Waals surface area contributed by atoms with E-state index in [1.165, 1.54) is 21.2 Å². The van der Waals surface area contributed by atoms with Crippen molar-refractivity contribution in [1.82, 2.24) is 19.9 Å². The predicted molar refractivity (Wildman–Crippen MR) is 102 cm³/mol. The van der Waals surface area contributed by atoms with Gasteiger partial charge in [0.15, 0.2) is 5.82 Å². The van der Waals surface area contributed by atoms with Crippen LogP contribution in [0, 0.1) is 6.92 Å². The van der Waals surface area contributed by atoms with Crippen LogP contribution in [0.1, 0.15) is 22.4 Å². The first-order valence-corrected chi connectivity index (χ1v) is 9.21. The molecule has 5 heteroatoms. The van der Waals surface area contributed by atoms with Gasteiger partial charge in [0, 0.05) is 60.2 Å². The van der Waals surface area contributed by atoms with E-state index >= 15 is 0 Å². The van der Waals surface area contributed by atoms with Gasteiger partial charge in [-0.2, -0.15) is 0 Å². The average molecular weight is 395 g/mol. The number of hydrogen-bond acceptors (Lipinski definition) is 4. The van der Waals surface area contributed by atoms with Crippen molar-refractivity contribution in [2.75, 3.05) is 6.54 Å². The summed E-state index contributed by atoms with van der Waals surface area (Å²) in [5.41, 5.74) is 5.95. The highest BCUT2D eigenvalue weighted by molar-refractivity contribution is 9.10. The zero-order chi connectivity index (χ0) is 17.2. The summed E-state index contributed by atoms with van der Waals surface area (Å²) in [7, 11) is 0. The maximum absolute atomic E-state index is 4.77. The highest BCUT2D eigenvalue weighted by Gasteiger charge is 2.19. The number of pyridine rings is 1. The Morgan fingerprint density at radius 3 is 2.92 bits per heavy atom. The molecule has 25 heavy (non-hydrogen) atoms. The summed E-state index contributed by atoms with van der Waals surface area (Å²) in [6, 6.07) is 10.5. The van der Waals surface area contributed by atoms with E-state index in [9.17, 15) is 0 Å². The van der Waals surface area contributed by atoms with Crippen LogP contribution in [0.3, 0.4) is 0 Å². The van der Waals surface area contributed by atoms with Crippen LogP contribution >= 0.6 is 15.9 Å². The van der Waals surface area contributed by atoms with Gasteiger partial charge < -0.3 is 0 Å². The van der Waals surface area contributed by atoms with Crippen LogP contribution in [0.15, 0.2) is 53.4 Å². The van der Waals surface area contributed by atoms with Crippen LogP contribution in [0.25, 0.3) is 11.4 Å². The SMILES string of the molecule is Cc1ccc(CN2CCc3nc(-c4cccnc4)ncc3C2)c(Br)c1.